The number of aryl methyl sites for hydroxylation is 2. The third kappa shape index (κ3) is 3.58. The molecular formula is C26H30N4O2. The minimum absolute atomic E-state index is 0.310. The highest BCUT2D eigenvalue weighted by Gasteiger charge is 2.26. The number of benzene rings is 1. The van der Waals surface area contributed by atoms with Crippen LogP contribution in [0.4, 0.5) is 5.69 Å². The molecule has 6 nitrogen and oxygen atoms in total. The maximum absolute atomic E-state index is 12.9. The van der Waals surface area contributed by atoms with Crippen LogP contribution in [0.15, 0.2) is 51.9 Å². The summed E-state index contributed by atoms with van der Waals surface area (Å²) in [5.41, 5.74) is 5.76. The second-order valence-electron chi connectivity index (χ2n) is 8.77. The lowest BCUT2D eigenvalue weighted by Crippen LogP contribution is -2.37. The van der Waals surface area contributed by atoms with Crippen LogP contribution in [-0.4, -0.2) is 46.5 Å². The number of hydrogen-bond donors (Lipinski definition) is 0. The summed E-state index contributed by atoms with van der Waals surface area (Å²) >= 11 is 0. The zero-order valence-electron chi connectivity index (χ0n) is 19.3. The van der Waals surface area contributed by atoms with E-state index in [1.807, 2.05) is 48.8 Å². The Bertz CT molecular complexity index is 1350. The first-order chi connectivity index (χ1) is 15.5. The predicted molar refractivity (Wildman–Crippen MR) is 130 cm³/mol. The van der Waals surface area contributed by atoms with Gasteiger partial charge in [-0.3, -0.25) is 9.88 Å². The number of fused-ring (bicyclic) bond motifs is 2. The Morgan fingerprint density at radius 2 is 1.94 bits per heavy atom. The molecule has 4 heterocycles. The molecule has 1 fully saturated rings. The van der Waals surface area contributed by atoms with E-state index in [4.69, 9.17) is 4.42 Å². The van der Waals surface area contributed by atoms with E-state index in [0.29, 0.717) is 17.2 Å². The van der Waals surface area contributed by atoms with Crippen LogP contribution in [0.2, 0.25) is 0 Å². The summed E-state index contributed by atoms with van der Waals surface area (Å²) in [7, 11) is 0. The van der Waals surface area contributed by atoms with Crippen molar-refractivity contribution in [3.05, 3.63) is 64.5 Å². The van der Waals surface area contributed by atoms with Gasteiger partial charge in [-0.1, -0.05) is 13.8 Å². The molecule has 1 atom stereocenters. The van der Waals surface area contributed by atoms with E-state index in [2.05, 4.69) is 40.8 Å². The summed E-state index contributed by atoms with van der Waals surface area (Å²) in [5.74, 6) is 0. The molecule has 1 aromatic carbocycles. The third-order valence-corrected chi connectivity index (χ3v) is 6.78. The zero-order chi connectivity index (χ0) is 22.4. The fourth-order valence-electron chi connectivity index (χ4n) is 5.09. The Morgan fingerprint density at radius 3 is 2.72 bits per heavy atom. The largest absolute Gasteiger partial charge is 0.422 e. The van der Waals surface area contributed by atoms with Crippen molar-refractivity contribution in [1.29, 1.82) is 0 Å². The Hall–Kier alpha value is -3.12. The van der Waals surface area contributed by atoms with Gasteiger partial charge in [0, 0.05) is 54.2 Å². The number of hydrogen-bond acceptors (Lipinski definition) is 5. The van der Waals surface area contributed by atoms with E-state index < -0.39 is 0 Å². The molecule has 0 radical (unpaired) electrons. The molecule has 0 N–H and O–H groups in total. The Labute approximate surface area is 188 Å². The smallest absolute Gasteiger partial charge is 0.344 e. The number of rotatable bonds is 5. The molecule has 0 bridgehead atoms. The number of likely N-dealkylation sites (N-methyl/N-ethyl adjacent to an activating group) is 1. The molecular weight excluding hydrogens is 400 g/mol. The molecule has 32 heavy (non-hydrogen) atoms. The maximum atomic E-state index is 12.9. The molecule has 3 aromatic heterocycles. The van der Waals surface area contributed by atoms with Crippen molar-refractivity contribution in [3.8, 4) is 11.1 Å². The fourth-order valence-corrected chi connectivity index (χ4v) is 5.09. The zero-order valence-corrected chi connectivity index (χ0v) is 19.3. The van der Waals surface area contributed by atoms with Crippen LogP contribution in [0.5, 0.6) is 0 Å². The fraction of sp³-hybridized carbons (Fsp3) is 0.385. The molecule has 1 aliphatic heterocycles. The van der Waals surface area contributed by atoms with Gasteiger partial charge in [-0.25, -0.2) is 4.79 Å². The van der Waals surface area contributed by atoms with Crippen LogP contribution in [0.25, 0.3) is 27.6 Å². The molecule has 6 heteroatoms. The third-order valence-electron chi connectivity index (χ3n) is 6.78. The molecule has 1 unspecified atom stereocenters. The second-order valence-corrected chi connectivity index (χ2v) is 8.77. The van der Waals surface area contributed by atoms with Crippen LogP contribution in [0.1, 0.15) is 31.7 Å². The van der Waals surface area contributed by atoms with Crippen molar-refractivity contribution >= 4 is 22.2 Å². The summed E-state index contributed by atoms with van der Waals surface area (Å²) in [6.45, 7) is 12.6. The van der Waals surface area contributed by atoms with Crippen molar-refractivity contribution in [3.63, 3.8) is 0 Å². The first kappa shape index (κ1) is 20.8. The lowest BCUT2D eigenvalue weighted by molar-refractivity contribution is 0.232. The van der Waals surface area contributed by atoms with Crippen LogP contribution in [0.3, 0.4) is 0 Å². The number of nitrogens with zero attached hydrogens (tertiary/aromatic N) is 4. The Morgan fingerprint density at radius 1 is 1.12 bits per heavy atom. The molecule has 5 rings (SSSR count). The first-order valence-electron chi connectivity index (χ1n) is 11.5. The summed E-state index contributed by atoms with van der Waals surface area (Å²) in [6, 6.07) is 10.8. The molecule has 166 valence electrons. The number of aromatic nitrogens is 2. The van der Waals surface area contributed by atoms with Crippen LogP contribution in [0, 0.1) is 13.8 Å². The monoisotopic (exact) mass is 430 g/mol. The second kappa shape index (κ2) is 8.10. The summed E-state index contributed by atoms with van der Waals surface area (Å²) in [4.78, 5) is 22.3. The van der Waals surface area contributed by atoms with Gasteiger partial charge < -0.3 is 13.7 Å². The lowest BCUT2D eigenvalue weighted by Gasteiger charge is -2.26. The van der Waals surface area contributed by atoms with E-state index in [1.165, 1.54) is 6.42 Å². The van der Waals surface area contributed by atoms with E-state index in [9.17, 15) is 4.79 Å². The topological polar surface area (TPSA) is 54.0 Å². The SMILES string of the molecule is CCN(CC)C1CCN(c2ccc3cc(-c4cc5c(C)nc(C)cn5c4)c(=O)oc3c2)C1. The highest BCUT2D eigenvalue weighted by atomic mass is 16.4. The molecule has 0 saturated carbocycles. The average Bonchev–Trinajstić information content (AvgIpc) is 3.41. The molecule has 0 amide bonds. The molecule has 0 aliphatic carbocycles. The maximum Gasteiger partial charge on any atom is 0.344 e. The van der Waals surface area contributed by atoms with Gasteiger partial charge in [-0.05, 0) is 57.6 Å². The van der Waals surface area contributed by atoms with Crippen LogP contribution >= 0.6 is 0 Å². The number of anilines is 1. The van der Waals surface area contributed by atoms with Crippen molar-refractivity contribution in [1.82, 2.24) is 14.3 Å². The quantitative estimate of drug-likeness (QED) is 0.432. The van der Waals surface area contributed by atoms with Crippen molar-refractivity contribution in [2.45, 2.75) is 40.2 Å². The van der Waals surface area contributed by atoms with Crippen molar-refractivity contribution in [2.24, 2.45) is 0 Å². The van der Waals surface area contributed by atoms with Gasteiger partial charge in [0.15, 0.2) is 0 Å². The highest BCUT2D eigenvalue weighted by molar-refractivity contribution is 5.85. The summed E-state index contributed by atoms with van der Waals surface area (Å²) in [5, 5.41) is 0.934. The van der Waals surface area contributed by atoms with Crippen LogP contribution < -0.4 is 10.5 Å². The normalized spacial score (nSPS) is 16.7. The first-order valence-corrected chi connectivity index (χ1v) is 11.5. The summed E-state index contributed by atoms with van der Waals surface area (Å²) < 4.78 is 7.82. The average molecular weight is 431 g/mol. The van der Waals surface area contributed by atoms with Crippen LogP contribution in [-0.2, 0) is 0 Å². The van der Waals surface area contributed by atoms with Gasteiger partial charge in [-0.15, -0.1) is 0 Å². The summed E-state index contributed by atoms with van der Waals surface area (Å²) in [6.07, 6.45) is 5.11. The van der Waals surface area contributed by atoms with E-state index in [1.54, 1.807) is 0 Å². The molecule has 1 aliphatic rings. The minimum atomic E-state index is -0.310. The predicted octanol–water partition coefficient (Wildman–Crippen LogP) is 4.65. The lowest BCUT2D eigenvalue weighted by atomic mass is 10.1. The minimum Gasteiger partial charge on any atom is -0.422 e. The van der Waals surface area contributed by atoms with Gasteiger partial charge >= 0.3 is 5.63 Å². The standard InChI is InChI=1S/C26H30N4O2/c1-5-28(6-2)22-9-10-29(16-22)21-8-7-19-11-23(26(31)32-25(19)13-21)20-12-24-18(4)27-17(3)14-30(24)15-20/h7-8,11-15,22H,5-6,9-10,16H2,1-4H3. The molecule has 1 saturated heterocycles. The van der Waals surface area contributed by atoms with Crippen molar-refractivity contribution in [2.75, 3.05) is 31.1 Å². The molecule has 0 spiro atoms. The Balaban J connectivity index is 1.48. The van der Waals surface area contributed by atoms with E-state index in [-0.39, 0.29) is 5.63 Å². The van der Waals surface area contributed by atoms with Gasteiger partial charge in [-0.2, -0.15) is 0 Å². The van der Waals surface area contributed by atoms with E-state index >= 15 is 0 Å². The van der Waals surface area contributed by atoms with Gasteiger partial charge in [0.25, 0.3) is 0 Å². The Kier molecular flexibility index (Phi) is 5.25. The van der Waals surface area contributed by atoms with Gasteiger partial charge in [0.1, 0.15) is 5.58 Å². The van der Waals surface area contributed by atoms with E-state index in [0.717, 1.165) is 59.7 Å². The highest BCUT2D eigenvalue weighted by Crippen LogP contribution is 2.29. The molecule has 4 aromatic rings. The van der Waals surface area contributed by atoms with Gasteiger partial charge in [0.05, 0.1) is 22.5 Å². The van der Waals surface area contributed by atoms with Crippen molar-refractivity contribution < 1.29 is 4.42 Å². The van der Waals surface area contributed by atoms with Gasteiger partial charge in [0.2, 0.25) is 0 Å².